The third kappa shape index (κ3) is 3.77. The van der Waals surface area contributed by atoms with Crippen molar-refractivity contribution in [3.05, 3.63) is 0 Å². The minimum Gasteiger partial charge on any atom is -0.341 e. The molecule has 0 spiro atoms. The number of amides is 1. The van der Waals surface area contributed by atoms with Gasteiger partial charge < -0.3 is 4.90 Å². The highest BCUT2D eigenvalue weighted by molar-refractivity contribution is 6.20. The molecule has 1 unspecified atom stereocenters. The first-order valence-corrected chi connectivity index (χ1v) is 7.31. The van der Waals surface area contributed by atoms with Crippen LogP contribution in [0.25, 0.3) is 0 Å². The van der Waals surface area contributed by atoms with Gasteiger partial charge in [-0.15, -0.1) is 11.6 Å². The highest BCUT2D eigenvalue weighted by Gasteiger charge is 2.43. The highest BCUT2D eigenvalue weighted by Crippen LogP contribution is 2.40. The molecule has 1 saturated heterocycles. The highest BCUT2D eigenvalue weighted by atomic mass is 35.5. The average molecular weight is 298 g/mol. The standard InChI is InChI=1S/C13H19ClF3NO/c14-11-2-1-7-18(8-11)12(19)9-3-5-10(6-4-9)13(15,16)17/h9-11H,1-8H2. The zero-order valence-electron chi connectivity index (χ0n) is 10.8. The second kappa shape index (κ2) is 5.90. The summed E-state index contributed by atoms with van der Waals surface area (Å²) in [6.07, 6.45) is -1.45. The van der Waals surface area contributed by atoms with E-state index in [2.05, 4.69) is 0 Å². The van der Waals surface area contributed by atoms with E-state index >= 15 is 0 Å². The smallest absolute Gasteiger partial charge is 0.341 e. The Kier molecular flexibility index (Phi) is 4.64. The molecular formula is C13H19ClF3NO. The summed E-state index contributed by atoms with van der Waals surface area (Å²) >= 11 is 6.03. The van der Waals surface area contributed by atoms with Gasteiger partial charge in [0.25, 0.3) is 0 Å². The van der Waals surface area contributed by atoms with Crippen molar-refractivity contribution >= 4 is 17.5 Å². The van der Waals surface area contributed by atoms with Crippen LogP contribution in [0.3, 0.4) is 0 Å². The minimum absolute atomic E-state index is 0.00553. The van der Waals surface area contributed by atoms with Gasteiger partial charge in [0.05, 0.1) is 11.3 Å². The van der Waals surface area contributed by atoms with E-state index in [1.54, 1.807) is 4.90 Å². The molecule has 2 nitrogen and oxygen atoms in total. The van der Waals surface area contributed by atoms with Crippen molar-refractivity contribution in [1.29, 1.82) is 0 Å². The molecule has 1 saturated carbocycles. The fourth-order valence-corrected chi connectivity index (χ4v) is 3.37. The number of hydrogen-bond acceptors (Lipinski definition) is 1. The molecule has 1 atom stereocenters. The van der Waals surface area contributed by atoms with Crippen molar-refractivity contribution in [3.63, 3.8) is 0 Å². The van der Waals surface area contributed by atoms with Crippen LogP contribution >= 0.6 is 11.6 Å². The molecule has 0 N–H and O–H groups in total. The maximum Gasteiger partial charge on any atom is 0.391 e. The van der Waals surface area contributed by atoms with Crippen molar-refractivity contribution < 1.29 is 18.0 Å². The van der Waals surface area contributed by atoms with Gasteiger partial charge in [-0.2, -0.15) is 13.2 Å². The molecule has 1 aliphatic carbocycles. The normalized spacial score (nSPS) is 33.3. The molecule has 6 heteroatoms. The lowest BCUT2D eigenvalue weighted by Crippen LogP contribution is -2.44. The first-order chi connectivity index (χ1) is 8.88. The Labute approximate surface area is 116 Å². The van der Waals surface area contributed by atoms with E-state index in [1.165, 1.54) is 0 Å². The third-order valence-corrected chi connectivity index (χ3v) is 4.57. The molecule has 0 radical (unpaired) electrons. The lowest BCUT2D eigenvalue weighted by Gasteiger charge is -2.35. The summed E-state index contributed by atoms with van der Waals surface area (Å²) in [6.45, 7) is 1.24. The summed E-state index contributed by atoms with van der Waals surface area (Å²) in [5.41, 5.74) is 0. The van der Waals surface area contributed by atoms with Crippen LogP contribution in [0, 0.1) is 11.8 Å². The summed E-state index contributed by atoms with van der Waals surface area (Å²) in [4.78, 5) is 14.0. The average Bonchev–Trinajstić information content (AvgIpc) is 2.37. The summed E-state index contributed by atoms with van der Waals surface area (Å²) < 4.78 is 37.7. The van der Waals surface area contributed by atoms with E-state index in [4.69, 9.17) is 11.6 Å². The SMILES string of the molecule is O=C(C1CCC(C(F)(F)F)CC1)N1CCCC(Cl)C1. The van der Waals surface area contributed by atoms with Crippen LogP contribution in [0.15, 0.2) is 0 Å². The topological polar surface area (TPSA) is 20.3 Å². The van der Waals surface area contributed by atoms with Crippen molar-refractivity contribution in [1.82, 2.24) is 4.90 Å². The number of halogens is 4. The molecule has 0 bridgehead atoms. The number of carbonyl (C=O) groups is 1. The molecule has 0 aromatic heterocycles. The molecule has 1 amide bonds. The molecule has 110 valence electrons. The van der Waals surface area contributed by atoms with Gasteiger partial charge >= 0.3 is 6.18 Å². The summed E-state index contributed by atoms with van der Waals surface area (Å²) in [7, 11) is 0. The van der Waals surface area contributed by atoms with E-state index in [1.807, 2.05) is 0 Å². The van der Waals surface area contributed by atoms with Gasteiger partial charge in [0.1, 0.15) is 0 Å². The van der Waals surface area contributed by atoms with Gasteiger partial charge in [-0.1, -0.05) is 0 Å². The molecule has 1 heterocycles. The van der Waals surface area contributed by atoms with E-state index < -0.39 is 12.1 Å². The van der Waals surface area contributed by atoms with Crippen LogP contribution in [-0.2, 0) is 4.79 Å². The summed E-state index contributed by atoms with van der Waals surface area (Å²) in [5, 5.41) is -0.00999. The van der Waals surface area contributed by atoms with Gasteiger partial charge in [-0.05, 0) is 38.5 Å². The molecule has 1 aliphatic heterocycles. The fourth-order valence-electron chi connectivity index (χ4n) is 3.05. The number of hydrogen-bond donors (Lipinski definition) is 0. The van der Waals surface area contributed by atoms with Gasteiger partial charge in [-0.3, -0.25) is 4.79 Å². The van der Waals surface area contributed by atoms with E-state index in [-0.39, 0.29) is 30.0 Å². The molecule has 2 rings (SSSR count). The largest absolute Gasteiger partial charge is 0.391 e. The first kappa shape index (κ1) is 14.9. The van der Waals surface area contributed by atoms with Crippen LogP contribution < -0.4 is 0 Å². The Bertz CT molecular complexity index is 326. The number of rotatable bonds is 1. The molecule has 2 aliphatic rings. The van der Waals surface area contributed by atoms with Gasteiger partial charge in [0, 0.05) is 19.0 Å². The fraction of sp³-hybridized carbons (Fsp3) is 0.923. The van der Waals surface area contributed by atoms with Crippen LogP contribution in [0.5, 0.6) is 0 Å². The Balaban J connectivity index is 1.85. The molecule has 19 heavy (non-hydrogen) atoms. The summed E-state index contributed by atoms with van der Waals surface area (Å²) in [6, 6.07) is 0. The summed E-state index contributed by atoms with van der Waals surface area (Å²) in [5.74, 6) is -1.45. The Hall–Kier alpha value is -0.450. The van der Waals surface area contributed by atoms with Crippen molar-refractivity contribution in [3.8, 4) is 0 Å². The maximum absolute atomic E-state index is 12.6. The lowest BCUT2D eigenvalue weighted by molar-refractivity contribution is -0.185. The van der Waals surface area contributed by atoms with Crippen molar-refractivity contribution in [2.45, 2.75) is 50.1 Å². The molecule has 0 aromatic carbocycles. The van der Waals surface area contributed by atoms with Gasteiger partial charge in [0.2, 0.25) is 5.91 Å². The second-order valence-corrected chi connectivity index (χ2v) is 6.23. The Morgan fingerprint density at radius 3 is 2.26 bits per heavy atom. The maximum atomic E-state index is 12.6. The number of nitrogens with zero attached hydrogens (tertiary/aromatic N) is 1. The lowest BCUT2D eigenvalue weighted by atomic mass is 9.81. The first-order valence-electron chi connectivity index (χ1n) is 6.87. The number of alkyl halides is 4. The zero-order chi connectivity index (χ0) is 14.0. The Morgan fingerprint density at radius 2 is 1.74 bits per heavy atom. The zero-order valence-corrected chi connectivity index (χ0v) is 11.5. The molecule has 2 fully saturated rings. The quantitative estimate of drug-likeness (QED) is 0.677. The molecule has 0 aromatic rings. The van der Waals surface area contributed by atoms with Crippen molar-refractivity contribution in [2.24, 2.45) is 11.8 Å². The van der Waals surface area contributed by atoms with Gasteiger partial charge in [0.15, 0.2) is 0 Å². The predicted molar refractivity (Wildman–Crippen MR) is 67.0 cm³/mol. The predicted octanol–water partition coefficient (Wildman–Crippen LogP) is 3.58. The second-order valence-electron chi connectivity index (χ2n) is 5.61. The number of carbonyl (C=O) groups excluding carboxylic acids is 1. The van der Waals surface area contributed by atoms with E-state index in [9.17, 15) is 18.0 Å². The van der Waals surface area contributed by atoms with Crippen molar-refractivity contribution in [2.75, 3.05) is 13.1 Å². The van der Waals surface area contributed by atoms with Crippen LogP contribution in [-0.4, -0.2) is 35.4 Å². The Morgan fingerprint density at radius 1 is 1.11 bits per heavy atom. The van der Waals surface area contributed by atoms with E-state index in [0.717, 1.165) is 12.8 Å². The van der Waals surface area contributed by atoms with Gasteiger partial charge in [-0.25, -0.2) is 0 Å². The van der Waals surface area contributed by atoms with E-state index in [0.29, 0.717) is 25.9 Å². The number of piperidine rings is 1. The molecular weight excluding hydrogens is 279 g/mol. The monoisotopic (exact) mass is 297 g/mol. The number of likely N-dealkylation sites (tertiary alicyclic amines) is 1. The van der Waals surface area contributed by atoms with Crippen LogP contribution in [0.2, 0.25) is 0 Å². The van der Waals surface area contributed by atoms with Crippen LogP contribution in [0.1, 0.15) is 38.5 Å². The van der Waals surface area contributed by atoms with Crippen LogP contribution in [0.4, 0.5) is 13.2 Å². The third-order valence-electron chi connectivity index (χ3n) is 4.21. The minimum atomic E-state index is -4.11.